The molecule has 0 aromatic rings. The summed E-state index contributed by atoms with van der Waals surface area (Å²) in [4.78, 5) is 50.8. The monoisotopic (exact) mass is 380 g/mol. The second-order valence-electron chi connectivity index (χ2n) is 7.14. The molecule has 0 radical (unpaired) electrons. The largest absolute Gasteiger partial charge is 0.355 e. The smallest absolute Gasteiger partial charge is 0.249 e. The van der Waals surface area contributed by atoms with Gasteiger partial charge in [-0.05, 0) is 32.6 Å². The molecule has 1 aliphatic rings. The molecule has 8 heteroatoms. The van der Waals surface area contributed by atoms with Crippen molar-refractivity contribution in [3.8, 4) is 0 Å². The molecule has 1 saturated heterocycles. The first-order chi connectivity index (χ1) is 12.7. The molecule has 2 atom stereocenters. The highest BCUT2D eigenvalue weighted by molar-refractivity contribution is 5.97. The van der Waals surface area contributed by atoms with Gasteiger partial charge in [-0.1, -0.05) is 19.9 Å². The molecule has 1 aliphatic heterocycles. The molecule has 0 saturated carbocycles. The lowest BCUT2D eigenvalue weighted by Crippen LogP contribution is -2.47. The van der Waals surface area contributed by atoms with Crippen LogP contribution in [-0.4, -0.2) is 72.7 Å². The number of hydrogen-bond donors (Lipinski definition) is 2. The van der Waals surface area contributed by atoms with E-state index in [1.807, 2.05) is 20.8 Å². The maximum atomic E-state index is 12.9. The minimum atomic E-state index is -0.436. The fourth-order valence-corrected chi connectivity index (χ4v) is 3.30. The molecule has 0 aromatic carbocycles. The fourth-order valence-electron chi connectivity index (χ4n) is 3.30. The van der Waals surface area contributed by atoms with Crippen LogP contribution < -0.4 is 10.6 Å². The van der Waals surface area contributed by atoms with E-state index in [2.05, 4.69) is 10.6 Å². The van der Waals surface area contributed by atoms with Crippen molar-refractivity contribution in [2.45, 2.75) is 52.6 Å². The predicted molar refractivity (Wildman–Crippen MR) is 103 cm³/mol. The van der Waals surface area contributed by atoms with E-state index in [1.54, 1.807) is 24.9 Å². The molecule has 1 rings (SSSR count). The summed E-state index contributed by atoms with van der Waals surface area (Å²) in [6.07, 6.45) is 3.72. The second kappa shape index (κ2) is 10.7. The van der Waals surface area contributed by atoms with Crippen LogP contribution in [0.3, 0.4) is 0 Å². The Labute approximate surface area is 161 Å². The van der Waals surface area contributed by atoms with Crippen molar-refractivity contribution in [3.63, 3.8) is 0 Å². The first-order valence-electron chi connectivity index (χ1n) is 9.44. The highest BCUT2D eigenvalue weighted by Gasteiger charge is 2.34. The van der Waals surface area contributed by atoms with Gasteiger partial charge in [0, 0.05) is 25.7 Å². The van der Waals surface area contributed by atoms with Gasteiger partial charge in [0.15, 0.2) is 0 Å². The van der Waals surface area contributed by atoms with Crippen molar-refractivity contribution < 1.29 is 19.2 Å². The number of hydrogen-bond acceptors (Lipinski definition) is 4. The molecule has 27 heavy (non-hydrogen) atoms. The lowest BCUT2D eigenvalue weighted by atomic mass is 9.99. The Morgan fingerprint density at radius 2 is 1.96 bits per heavy atom. The van der Waals surface area contributed by atoms with Gasteiger partial charge in [-0.2, -0.15) is 0 Å². The number of amides is 4. The number of rotatable bonds is 9. The maximum Gasteiger partial charge on any atom is 0.249 e. The average molecular weight is 380 g/mol. The predicted octanol–water partition coefficient (Wildman–Crippen LogP) is 0.289. The average Bonchev–Trinajstić information content (AvgIpc) is 3.12. The Hall–Kier alpha value is -2.38. The quantitative estimate of drug-likeness (QED) is 0.444. The van der Waals surface area contributed by atoms with Crippen molar-refractivity contribution in [2.24, 2.45) is 5.92 Å². The summed E-state index contributed by atoms with van der Waals surface area (Å²) in [5.41, 5.74) is 0.507. The van der Waals surface area contributed by atoms with E-state index in [4.69, 9.17) is 0 Å². The molecule has 0 unspecified atom stereocenters. The van der Waals surface area contributed by atoms with Gasteiger partial charge in [0.1, 0.15) is 6.04 Å². The van der Waals surface area contributed by atoms with Crippen LogP contribution in [0, 0.1) is 5.92 Å². The molecule has 0 bridgehead atoms. The van der Waals surface area contributed by atoms with Gasteiger partial charge >= 0.3 is 0 Å². The SMILES string of the molecule is CCNC(=O)[C@@H]1CCCN1C(=O)/C(C)=C/[C@H](C(C)C)N(C)C(=O)CNC=O. The lowest BCUT2D eigenvalue weighted by molar-refractivity contribution is -0.135. The van der Waals surface area contributed by atoms with E-state index in [0.29, 0.717) is 31.5 Å². The van der Waals surface area contributed by atoms with E-state index in [0.717, 1.165) is 6.42 Å². The number of likely N-dealkylation sites (tertiary alicyclic amines) is 1. The van der Waals surface area contributed by atoms with Gasteiger partial charge in [0.25, 0.3) is 0 Å². The summed E-state index contributed by atoms with van der Waals surface area (Å²) in [7, 11) is 1.65. The van der Waals surface area contributed by atoms with Crippen LogP contribution in [0.5, 0.6) is 0 Å². The zero-order valence-corrected chi connectivity index (χ0v) is 16.9. The number of carbonyl (C=O) groups is 4. The van der Waals surface area contributed by atoms with Crippen LogP contribution in [0.25, 0.3) is 0 Å². The molecule has 152 valence electrons. The first kappa shape index (κ1) is 22.7. The van der Waals surface area contributed by atoms with Crippen molar-refractivity contribution in [1.29, 1.82) is 0 Å². The Morgan fingerprint density at radius 3 is 2.52 bits per heavy atom. The van der Waals surface area contributed by atoms with Crippen LogP contribution in [0.2, 0.25) is 0 Å². The van der Waals surface area contributed by atoms with E-state index in [9.17, 15) is 19.2 Å². The van der Waals surface area contributed by atoms with Crippen LogP contribution in [-0.2, 0) is 19.2 Å². The van der Waals surface area contributed by atoms with Crippen molar-refractivity contribution in [3.05, 3.63) is 11.6 Å². The minimum Gasteiger partial charge on any atom is -0.355 e. The maximum absolute atomic E-state index is 12.9. The summed E-state index contributed by atoms with van der Waals surface area (Å²) in [5, 5.41) is 5.14. The second-order valence-corrected chi connectivity index (χ2v) is 7.14. The van der Waals surface area contributed by atoms with E-state index in [-0.39, 0.29) is 36.2 Å². The molecule has 0 spiro atoms. The van der Waals surface area contributed by atoms with E-state index >= 15 is 0 Å². The molecule has 8 nitrogen and oxygen atoms in total. The Bertz CT molecular complexity index is 588. The summed E-state index contributed by atoms with van der Waals surface area (Å²) in [5.74, 6) is -0.459. The number of carbonyl (C=O) groups excluding carboxylic acids is 4. The fraction of sp³-hybridized carbons (Fsp3) is 0.684. The van der Waals surface area contributed by atoms with Gasteiger partial charge in [-0.15, -0.1) is 0 Å². The van der Waals surface area contributed by atoms with Crippen LogP contribution >= 0.6 is 0 Å². The van der Waals surface area contributed by atoms with Gasteiger partial charge in [0.2, 0.25) is 24.1 Å². The summed E-state index contributed by atoms with van der Waals surface area (Å²) in [6, 6.07) is -0.727. The topological polar surface area (TPSA) is 98.8 Å². The summed E-state index contributed by atoms with van der Waals surface area (Å²) < 4.78 is 0. The number of nitrogens with one attached hydrogen (secondary N) is 2. The highest BCUT2D eigenvalue weighted by Crippen LogP contribution is 2.21. The van der Waals surface area contributed by atoms with Crippen LogP contribution in [0.15, 0.2) is 11.6 Å². The molecular formula is C19H32N4O4. The molecule has 4 amide bonds. The van der Waals surface area contributed by atoms with Gasteiger partial charge < -0.3 is 20.4 Å². The van der Waals surface area contributed by atoms with Gasteiger partial charge in [-0.25, -0.2) is 0 Å². The third-order valence-electron chi connectivity index (χ3n) is 4.79. The first-order valence-corrected chi connectivity index (χ1v) is 9.44. The standard InChI is InChI=1S/C19H32N4O4/c1-6-21-18(26)15-8-7-9-23(15)19(27)14(4)10-16(13(2)3)22(5)17(25)11-20-12-24/h10,12-13,15-16H,6-9,11H2,1-5H3,(H,20,24)(H,21,26)/b14-10+/t15-,16+/m0/s1. The normalized spacial score (nSPS) is 18.2. The molecule has 0 aromatic heterocycles. The molecule has 0 aliphatic carbocycles. The zero-order chi connectivity index (χ0) is 20.6. The van der Waals surface area contributed by atoms with Crippen molar-refractivity contribution in [2.75, 3.05) is 26.7 Å². The van der Waals surface area contributed by atoms with Gasteiger partial charge in [0.05, 0.1) is 12.6 Å². The van der Waals surface area contributed by atoms with Crippen LogP contribution in [0.4, 0.5) is 0 Å². The molecule has 2 N–H and O–H groups in total. The lowest BCUT2D eigenvalue weighted by Gasteiger charge is -2.30. The number of likely N-dealkylation sites (N-methyl/N-ethyl adjacent to an activating group) is 2. The van der Waals surface area contributed by atoms with E-state index in [1.165, 1.54) is 4.90 Å². The van der Waals surface area contributed by atoms with Crippen molar-refractivity contribution in [1.82, 2.24) is 20.4 Å². The zero-order valence-electron chi connectivity index (χ0n) is 16.9. The number of nitrogens with zero attached hydrogens (tertiary/aromatic N) is 2. The summed E-state index contributed by atoms with van der Waals surface area (Å²) in [6.45, 7) is 8.48. The van der Waals surface area contributed by atoms with E-state index < -0.39 is 6.04 Å². The Kier molecular flexibility index (Phi) is 8.97. The highest BCUT2D eigenvalue weighted by atomic mass is 16.2. The Morgan fingerprint density at radius 1 is 1.30 bits per heavy atom. The Balaban J connectivity index is 2.94. The molecular weight excluding hydrogens is 348 g/mol. The third kappa shape index (κ3) is 6.08. The summed E-state index contributed by atoms with van der Waals surface area (Å²) >= 11 is 0. The van der Waals surface area contributed by atoms with Crippen LogP contribution in [0.1, 0.15) is 40.5 Å². The minimum absolute atomic E-state index is 0.0793. The molecule has 1 fully saturated rings. The third-order valence-corrected chi connectivity index (χ3v) is 4.79. The molecule has 1 heterocycles. The van der Waals surface area contributed by atoms with Crippen molar-refractivity contribution >= 4 is 24.1 Å². The van der Waals surface area contributed by atoms with Gasteiger partial charge in [-0.3, -0.25) is 19.2 Å².